The molecule has 2 saturated carbocycles. The number of nitrogens with one attached hydrogen (secondary N) is 2. The number of rotatable bonds is 8. The highest BCUT2D eigenvalue weighted by Gasteiger charge is 2.31. The molecule has 2 aliphatic carbocycles. The monoisotopic (exact) mass is 576 g/mol. The van der Waals surface area contributed by atoms with Crippen molar-refractivity contribution < 1.29 is 22.7 Å². The van der Waals surface area contributed by atoms with Gasteiger partial charge in [0, 0.05) is 45.7 Å². The van der Waals surface area contributed by atoms with Crippen LogP contribution >= 0.6 is 23.1 Å². The number of thioether (sulfide) groups is 1. The number of amides is 1. The molecule has 2 fully saturated rings. The van der Waals surface area contributed by atoms with Gasteiger partial charge in [0.25, 0.3) is 0 Å². The fourth-order valence-corrected chi connectivity index (χ4v) is 6.97. The highest BCUT2D eigenvalue weighted by Crippen LogP contribution is 2.46. The summed E-state index contributed by atoms with van der Waals surface area (Å²) < 4.78 is 43.8. The lowest BCUT2D eigenvalue weighted by atomic mass is 9.86. The molecule has 0 radical (unpaired) electrons. The molecule has 2 N–H and O–H groups in total. The van der Waals surface area contributed by atoms with E-state index in [9.17, 15) is 18.0 Å². The summed E-state index contributed by atoms with van der Waals surface area (Å²) >= 11 is 3.55. The Balaban J connectivity index is 1.26. The molecule has 0 aliphatic heterocycles. The Hall–Kier alpha value is -2.79. The van der Waals surface area contributed by atoms with Crippen LogP contribution in [0.1, 0.15) is 68.9 Å². The molecule has 0 unspecified atom stereocenters. The van der Waals surface area contributed by atoms with Crippen LogP contribution in [0.25, 0.3) is 10.4 Å². The van der Waals surface area contributed by atoms with E-state index in [1.807, 2.05) is 43.9 Å². The molecule has 0 spiro atoms. The van der Waals surface area contributed by atoms with Crippen molar-refractivity contribution in [1.29, 1.82) is 0 Å². The number of hydrogen-bond donors (Lipinski definition) is 2. The van der Waals surface area contributed by atoms with Crippen LogP contribution in [0.5, 0.6) is 0 Å². The normalized spacial score (nSPS) is 19.6. The molecule has 11 heteroatoms. The van der Waals surface area contributed by atoms with Gasteiger partial charge in [-0.3, -0.25) is 0 Å². The van der Waals surface area contributed by atoms with E-state index in [1.165, 1.54) is 18.9 Å². The van der Waals surface area contributed by atoms with Crippen molar-refractivity contribution in [2.45, 2.75) is 86.8 Å². The molecule has 0 bridgehead atoms. The van der Waals surface area contributed by atoms with Gasteiger partial charge in [0.2, 0.25) is 0 Å². The van der Waals surface area contributed by atoms with Crippen molar-refractivity contribution in [3.05, 3.63) is 53.3 Å². The molecule has 3 aromatic rings. The minimum Gasteiger partial charge on any atom is -0.447 e. The first-order chi connectivity index (χ1) is 18.6. The molecule has 2 aliphatic rings. The predicted molar refractivity (Wildman–Crippen MR) is 149 cm³/mol. The third-order valence-corrected chi connectivity index (χ3v) is 9.28. The summed E-state index contributed by atoms with van der Waals surface area (Å²) in [4.78, 5) is 22.9. The maximum atomic E-state index is 12.9. The Labute approximate surface area is 234 Å². The largest absolute Gasteiger partial charge is 0.447 e. The Bertz CT molecular complexity index is 1280. The van der Waals surface area contributed by atoms with Gasteiger partial charge in [0.15, 0.2) is 0 Å². The number of alkyl carbamates (subject to hydrolysis) is 1. The Kier molecular flexibility index (Phi) is 8.37. The molecule has 5 rings (SSSR count). The Morgan fingerprint density at radius 1 is 1.05 bits per heavy atom. The van der Waals surface area contributed by atoms with E-state index < -0.39 is 11.7 Å². The smallest absolute Gasteiger partial charge is 0.417 e. The SMILES string of the molecule is CC(C)OC(=O)NC1CCC(c2ncc(-c3ccc(Nc4ccc(C(F)(F)F)cn4)cc3SC3CC3)s2)CC1. The number of benzene rings is 1. The minimum absolute atomic E-state index is 0.132. The maximum absolute atomic E-state index is 12.9. The second-order valence-corrected chi connectivity index (χ2v) is 12.7. The van der Waals surface area contributed by atoms with Gasteiger partial charge in [-0.1, -0.05) is 6.07 Å². The summed E-state index contributed by atoms with van der Waals surface area (Å²) in [6.07, 6.45) is 3.97. The predicted octanol–water partition coefficient (Wildman–Crippen LogP) is 8.38. The van der Waals surface area contributed by atoms with Gasteiger partial charge in [0.05, 0.1) is 21.6 Å². The average Bonchev–Trinajstić information content (AvgIpc) is 3.56. The highest BCUT2D eigenvalue weighted by atomic mass is 32.2. The number of carbonyl (C=O) groups is 1. The van der Waals surface area contributed by atoms with Crippen molar-refractivity contribution in [2.75, 3.05) is 5.32 Å². The van der Waals surface area contributed by atoms with Crippen molar-refractivity contribution in [1.82, 2.24) is 15.3 Å². The van der Waals surface area contributed by atoms with E-state index in [1.54, 1.807) is 11.3 Å². The number of alkyl halides is 3. The van der Waals surface area contributed by atoms with Crippen molar-refractivity contribution in [3.8, 4) is 10.4 Å². The van der Waals surface area contributed by atoms with E-state index in [0.717, 1.165) is 64.0 Å². The number of pyridine rings is 1. The average molecular weight is 577 g/mol. The molecule has 208 valence electrons. The van der Waals surface area contributed by atoms with Gasteiger partial charge in [-0.15, -0.1) is 23.1 Å². The third kappa shape index (κ3) is 7.45. The summed E-state index contributed by atoms with van der Waals surface area (Å²) in [6.45, 7) is 3.68. The van der Waals surface area contributed by atoms with E-state index in [-0.39, 0.29) is 18.2 Å². The third-order valence-electron chi connectivity index (χ3n) is 6.69. The fraction of sp³-hybridized carbons (Fsp3) is 0.464. The van der Waals surface area contributed by atoms with Crippen LogP contribution in [0, 0.1) is 0 Å². The van der Waals surface area contributed by atoms with E-state index >= 15 is 0 Å². The molecular weight excluding hydrogens is 545 g/mol. The van der Waals surface area contributed by atoms with Crippen LogP contribution < -0.4 is 10.6 Å². The standard InChI is InChI=1S/C28H31F3N4O2S2/c1-16(2)37-27(36)35-19-6-3-17(4-7-19)26-33-15-24(39-26)22-11-8-20(13-23(22)38-21-9-10-21)34-25-12-5-18(14-32-25)28(29,30)31/h5,8,11-17,19,21H,3-4,6-7,9-10H2,1-2H3,(H,32,34)(H,35,36). The van der Waals surface area contributed by atoms with Crippen molar-refractivity contribution >= 4 is 40.7 Å². The van der Waals surface area contributed by atoms with Crippen LogP contribution in [0.15, 0.2) is 47.6 Å². The van der Waals surface area contributed by atoms with Gasteiger partial charge < -0.3 is 15.4 Å². The number of carbonyl (C=O) groups excluding carboxylic acids is 1. The molecule has 6 nitrogen and oxygen atoms in total. The fourth-order valence-electron chi connectivity index (χ4n) is 4.55. The minimum atomic E-state index is -4.41. The van der Waals surface area contributed by atoms with Crippen LogP contribution in [0.3, 0.4) is 0 Å². The quantitative estimate of drug-likeness (QED) is 0.281. The summed E-state index contributed by atoms with van der Waals surface area (Å²) in [7, 11) is 0. The zero-order valence-electron chi connectivity index (χ0n) is 21.8. The first-order valence-electron chi connectivity index (χ1n) is 13.2. The highest BCUT2D eigenvalue weighted by molar-refractivity contribution is 8.00. The summed E-state index contributed by atoms with van der Waals surface area (Å²) in [6, 6.07) is 8.53. The lowest BCUT2D eigenvalue weighted by molar-refractivity contribution is -0.137. The molecule has 39 heavy (non-hydrogen) atoms. The Morgan fingerprint density at radius 2 is 1.82 bits per heavy atom. The van der Waals surface area contributed by atoms with Crippen LogP contribution in [0.2, 0.25) is 0 Å². The first-order valence-corrected chi connectivity index (χ1v) is 14.9. The van der Waals surface area contributed by atoms with Crippen LogP contribution in [0.4, 0.5) is 29.5 Å². The summed E-state index contributed by atoms with van der Waals surface area (Å²) in [5, 5.41) is 7.81. The molecule has 1 aromatic carbocycles. The molecule has 2 heterocycles. The molecule has 0 saturated heterocycles. The van der Waals surface area contributed by atoms with Crippen LogP contribution in [-0.4, -0.2) is 33.5 Å². The Morgan fingerprint density at radius 3 is 2.46 bits per heavy atom. The summed E-state index contributed by atoms with van der Waals surface area (Å²) in [5.74, 6) is 0.731. The first kappa shape index (κ1) is 27.8. The second-order valence-electron chi connectivity index (χ2n) is 10.3. The van der Waals surface area contributed by atoms with Gasteiger partial charge >= 0.3 is 12.3 Å². The number of hydrogen-bond acceptors (Lipinski definition) is 7. The maximum Gasteiger partial charge on any atom is 0.417 e. The molecule has 1 amide bonds. The number of nitrogens with zero attached hydrogens (tertiary/aromatic N) is 2. The lowest BCUT2D eigenvalue weighted by Gasteiger charge is -2.28. The topological polar surface area (TPSA) is 76.1 Å². The number of anilines is 2. The van der Waals surface area contributed by atoms with Gasteiger partial charge in [-0.05, 0) is 76.6 Å². The molecule has 2 aromatic heterocycles. The van der Waals surface area contributed by atoms with E-state index in [4.69, 9.17) is 9.72 Å². The number of halogens is 3. The van der Waals surface area contributed by atoms with Crippen LogP contribution in [-0.2, 0) is 10.9 Å². The van der Waals surface area contributed by atoms with E-state index in [2.05, 4.69) is 21.7 Å². The van der Waals surface area contributed by atoms with Gasteiger partial charge in [-0.2, -0.15) is 13.2 Å². The van der Waals surface area contributed by atoms with Gasteiger partial charge in [0.1, 0.15) is 5.82 Å². The zero-order valence-corrected chi connectivity index (χ0v) is 23.4. The van der Waals surface area contributed by atoms with Crippen molar-refractivity contribution in [3.63, 3.8) is 0 Å². The summed E-state index contributed by atoms with van der Waals surface area (Å²) in [5.41, 5.74) is 1.13. The second kappa shape index (κ2) is 11.8. The zero-order chi connectivity index (χ0) is 27.6. The lowest BCUT2D eigenvalue weighted by Crippen LogP contribution is -2.38. The molecule has 0 atom stereocenters. The van der Waals surface area contributed by atoms with Gasteiger partial charge in [-0.25, -0.2) is 14.8 Å². The number of ether oxygens (including phenoxy) is 1. The molecular formula is C28H31F3N4O2S2. The van der Waals surface area contributed by atoms with Crippen molar-refractivity contribution in [2.24, 2.45) is 0 Å². The number of aromatic nitrogens is 2. The van der Waals surface area contributed by atoms with E-state index in [0.29, 0.717) is 17.0 Å². The number of thiazole rings is 1.